The van der Waals surface area contributed by atoms with Crippen LogP contribution in [0.5, 0.6) is 5.75 Å². The molecular weight excluding hydrogens is 334 g/mol. The predicted molar refractivity (Wildman–Crippen MR) is 120 cm³/mol. The van der Waals surface area contributed by atoms with Crippen molar-refractivity contribution < 1.29 is 4.74 Å². The van der Waals surface area contributed by atoms with E-state index < -0.39 is 0 Å². The highest BCUT2D eigenvalue weighted by Gasteiger charge is 2.04. The van der Waals surface area contributed by atoms with Gasteiger partial charge in [0.2, 0.25) is 0 Å². The summed E-state index contributed by atoms with van der Waals surface area (Å²) in [6.07, 6.45) is 11.4. The van der Waals surface area contributed by atoms with Gasteiger partial charge < -0.3 is 10.1 Å². The van der Waals surface area contributed by atoms with Crippen molar-refractivity contribution in [3.05, 3.63) is 61.5 Å². The van der Waals surface area contributed by atoms with E-state index in [0.29, 0.717) is 0 Å². The number of anilines is 1. The lowest BCUT2D eigenvalue weighted by atomic mass is 10.1. The van der Waals surface area contributed by atoms with Gasteiger partial charge in [-0.3, -0.25) is 0 Å². The molecular formula is C23H35N3O. The minimum absolute atomic E-state index is 0.819. The first-order valence-corrected chi connectivity index (χ1v) is 9.59. The van der Waals surface area contributed by atoms with Gasteiger partial charge in [0.1, 0.15) is 17.9 Å². The molecule has 0 aliphatic heterocycles. The maximum atomic E-state index is 5.29. The Morgan fingerprint density at radius 3 is 2.52 bits per heavy atom. The van der Waals surface area contributed by atoms with E-state index in [4.69, 9.17) is 4.74 Å². The lowest BCUT2D eigenvalue weighted by Gasteiger charge is -2.09. The van der Waals surface area contributed by atoms with Gasteiger partial charge in [-0.25, -0.2) is 9.97 Å². The Balaban J connectivity index is 0.00000158. The normalized spacial score (nSPS) is 10.6. The summed E-state index contributed by atoms with van der Waals surface area (Å²) in [6, 6.07) is 5.84. The molecule has 0 fully saturated rings. The minimum atomic E-state index is 0.819. The average molecular weight is 370 g/mol. The monoisotopic (exact) mass is 369 g/mol. The van der Waals surface area contributed by atoms with E-state index in [1.165, 1.54) is 5.57 Å². The largest absolute Gasteiger partial charge is 0.497 e. The van der Waals surface area contributed by atoms with Crippen LogP contribution < -0.4 is 10.1 Å². The second-order valence-corrected chi connectivity index (χ2v) is 5.35. The van der Waals surface area contributed by atoms with Crippen molar-refractivity contribution in [3.63, 3.8) is 0 Å². The molecule has 0 atom stereocenters. The Morgan fingerprint density at radius 2 is 1.89 bits per heavy atom. The number of hydrogen-bond acceptors (Lipinski definition) is 4. The minimum Gasteiger partial charge on any atom is -0.497 e. The van der Waals surface area contributed by atoms with Gasteiger partial charge in [0.05, 0.1) is 12.6 Å². The Hall–Kier alpha value is -2.62. The number of aromatic nitrogens is 2. The second-order valence-electron chi connectivity index (χ2n) is 5.35. The van der Waals surface area contributed by atoms with E-state index in [-0.39, 0.29) is 0 Å². The Bertz CT molecular complexity index is 708. The molecule has 27 heavy (non-hydrogen) atoms. The number of allylic oxidation sites excluding steroid dienone is 4. The molecule has 0 bridgehead atoms. The van der Waals surface area contributed by atoms with E-state index >= 15 is 0 Å². The van der Waals surface area contributed by atoms with E-state index in [1.54, 1.807) is 13.4 Å². The molecule has 0 unspecified atom stereocenters. The number of benzene rings is 1. The van der Waals surface area contributed by atoms with Crippen molar-refractivity contribution in [1.29, 1.82) is 0 Å². The molecule has 1 N–H and O–H groups in total. The fraction of sp³-hybridized carbons (Fsp3) is 0.391. The van der Waals surface area contributed by atoms with Gasteiger partial charge in [-0.15, -0.1) is 13.2 Å². The summed E-state index contributed by atoms with van der Waals surface area (Å²) < 4.78 is 5.29. The Morgan fingerprint density at radius 1 is 1.15 bits per heavy atom. The van der Waals surface area contributed by atoms with Gasteiger partial charge >= 0.3 is 0 Å². The molecule has 0 radical (unpaired) electrons. The number of unbranched alkanes of at least 4 members (excludes halogenated alkanes) is 1. The first-order valence-electron chi connectivity index (χ1n) is 9.59. The van der Waals surface area contributed by atoms with Crippen molar-refractivity contribution in [2.75, 3.05) is 19.0 Å². The highest BCUT2D eigenvalue weighted by atomic mass is 16.5. The van der Waals surface area contributed by atoms with Gasteiger partial charge in [-0.05, 0) is 51.3 Å². The summed E-state index contributed by atoms with van der Waals surface area (Å²) in [5, 5.41) is 4.41. The molecule has 2 rings (SSSR count). The average Bonchev–Trinajstić information content (AvgIpc) is 2.75. The molecule has 148 valence electrons. The molecule has 0 aliphatic carbocycles. The molecule has 0 saturated carbocycles. The topological polar surface area (TPSA) is 47.0 Å². The maximum absolute atomic E-state index is 5.29. The van der Waals surface area contributed by atoms with Gasteiger partial charge in [0.15, 0.2) is 0 Å². The number of methoxy groups -OCH3 is 1. The van der Waals surface area contributed by atoms with Crippen LogP contribution in [0.2, 0.25) is 0 Å². The van der Waals surface area contributed by atoms with Gasteiger partial charge in [0, 0.05) is 11.9 Å². The molecule has 2 aromatic rings. The zero-order valence-electron chi connectivity index (χ0n) is 17.6. The van der Waals surface area contributed by atoms with Crippen molar-refractivity contribution >= 4 is 16.7 Å². The molecule has 1 heterocycles. The summed E-state index contributed by atoms with van der Waals surface area (Å²) in [4.78, 5) is 8.66. The number of nitrogens with zero attached hydrogens (tertiary/aromatic N) is 2. The first-order chi connectivity index (χ1) is 13.3. The second kappa shape index (κ2) is 15.6. The molecule has 4 heteroatoms. The summed E-state index contributed by atoms with van der Waals surface area (Å²) >= 11 is 0. The summed E-state index contributed by atoms with van der Waals surface area (Å²) in [5.74, 6) is 1.69. The number of fused-ring (bicyclic) bond motifs is 1. The Kier molecular flexibility index (Phi) is 14.1. The van der Waals surface area contributed by atoms with E-state index in [0.717, 1.165) is 48.3 Å². The zero-order valence-corrected chi connectivity index (χ0v) is 17.6. The lowest BCUT2D eigenvalue weighted by Crippen LogP contribution is -2.04. The van der Waals surface area contributed by atoms with Crippen LogP contribution in [-0.2, 0) is 0 Å². The standard InChI is InChI=1S/C19H25N3O.C2H6.C2H4/c1-4-8-15(5-2)9-6-7-12-20-19-17-13-16(23-3)10-11-18(17)21-14-22-19;2*1-2/h4-5,8,10-11,13-14H,6-7,9,12H2,1-3H3,(H,20,21,22);1-2H3;1-2H2/b8-4-,15-5+;;. The smallest absolute Gasteiger partial charge is 0.137 e. The van der Waals surface area contributed by atoms with Crippen LogP contribution in [0.15, 0.2) is 61.5 Å². The van der Waals surface area contributed by atoms with E-state index in [2.05, 4.69) is 60.5 Å². The third kappa shape index (κ3) is 8.54. The lowest BCUT2D eigenvalue weighted by molar-refractivity contribution is 0.415. The SMILES string of the molecule is C/C=C\C(=C/C)CCCCNc1ncnc2ccc(OC)cc12.C=C.CC. The number of nitrogens with one attached hydrogen (secondary N) is 1. The zero-order chi connectivity index (χ0) is 20.5. The third-order valence-electron chi connectivity index (χ3n) is 3.78. The third-order valence-corrected chi connectivity index (χ3v) is 3.78. The van der Waals surface area contributed by atoms with Gasteiger partial charge in [-0.1, -0.05) is 37.6 Å². The molecule has 1 aromatic carbocycles. The fourth-order valence-electron chi connectivity index (χ4n) is 2.50. The summed E-state index contributed by atoms with van der Waals surface area (Å²) in [7, 11) is 1.67. The van der Waals surface area contributed by atoms with Crippen LogP contribution in [0, 0.1) is 0 Å². The molecule has 0 amide bonds. The quantitative estimate of drug-likeness (QED) is 0.325. The highest BCUT2D eigenvalue weighted by molar-refractivity contribution is 5.89. The molecule has 0 saturated heterocycles. The van der Waals surface area contributed by atoms with Crippen molar-refractivity contribution in [3.8, 4) is 5.75 Å². The number of hydrogen-bond donors (Lipinski definition) is 1. The van der Waals surface area contributed by atoms with E-state index in [1.807, 2.05) is 32.0 Å². The fourth-order valence-corrected chi connectivity index (χ4v) is 2.50. The molecule has 4 nitrogen and oxygen atoms in total. The predicted octanol–water partition coefficient (Wildman–Crippen LogP) is 6.57. The Labute approximate surface area is 165 Å². The number of rotatable bonds is 8. The van der Waals surface area contributed by atoms with Gasteiger partial charge in [-0.2, -0.15) is 0 Å². The van der Waals surface area contributed by atoms with Crippen molar-refractivity contribution in [2.45, 2.75) is 47.0 Å². The van der Waals surface area contributed by atoms with Crippen LogP contribution in [0.4, 0.5) is 5.82 Å². The first kappa shape index (κ1) is 24.4. The van der Waals surface area contributed by atoms with Crippen LogP contribution >= 0.6 is 0 Å². The number of ether oxygens (including phenoxy) is 1. The summed E-state index contributed by atoms with van der Waals surface area (Å²) in [6.45, 7) is 15.0. The van der Waals surface area contributed by atoms with Crippen molar-refractivity contribution in [2.24, 2.45) is 0 Å². The highest BCUT2D eigenvalue weighted by Crippen LogP contribution is 2.24. The molecule has 0 aliphatic rings. The molecule has 1 aromatic heterocycles. The van der Waals surface area contributed by atoms with Gasteiger partial charge in [0.25, 0.3) is 0 Å². The van der Waals surface area contributed by atoms with Crippen LogP contribution in [0.1, 0.15) is 47.0 Å². The van der Waals surface area contributed by atoms with Crippen LogP contribution in [0.3, 0.4) is 0 Å². The van der Waals surface area contributed by atoms with Crippen LogP contribution in [0.25, 0.3) is 10.9 Å². The summed E-state index contributed by atoms with van der Waals surface area (Å²) in [5.41, 5.74) is 2.32. The maximum Gasteiger partial charge on any atom is 0.137 e. The van der Waals surface area contributed by atoms with E-state index in [9.17, 15) is 0 Å². The van der Waals surface area contributed by atoms with Crippen molar-refractivity contribution in [1.82, 2.24) is 9.97 Å². The molecule has 0 spiro atoms. The van der Waals surface area contributed by atoms with Crippen LogP contribution in [-0.4, -0.2) is 23.6 Å².